The van der Waals surface area contributed by atoms with Crippen LogP contribution in [0.3, 0.4) is 0 Å². The van der Waals surface area contributed by atoms with Crippen LogP contribution in [0.15, 0.2) is 41.0 Å². The van der Waals surface area contributed by atoms with Gasteiger partial charge in [-0.25, -0.2) is 4.79 Å². The van der Waals surface area contributed by atoms with Crippen LogP contribution in [-0.4, -0.2) is 87.4 Å². The van der Waals surface area contributed by atoms with Crippen LogP contribution in [0.1, 0.15) is 103 Å². The standard InChI is InChI=1S/C42H53NO9/c1-23(2)10-9-15-40(8)16-14-26-33(44)30-34(45)31-32(43-18-20-49-21-19-43)28-22-29-39(6,7)52-41(37(28)46,17-13-25(5)38(47)48)42(29,31)51-36(30)27(35(26)50-40)12-11-24(3)4/h10-11,13-14,16,28-29,31-32,44H,9,12,15,17-22H2,1-8H3,(H,47,48). The molecule has 1 aromatic rings. The highest BCUT2D eigenvalue weighted by Gasteiger charge is 2.85. The molecule has 7 aliphatic rings. The van der Waals surface area contributed by atoms with Gasteiger partial charge in [-0.3, -0.25) is 14.5 Å². The second-order valence-electron chi connectivity index (χ2n) is 16.9. The molecule has 1 spiro atoms. The third kappa shape index (κ3) is 5.34. The fourth-order valence-corrected chi connectivity index (χ4v) is 10.1. The van der Waals surface area contributed by atoms with Gasteiger partial charge < -0.3 is 29.2 Å². The largest absolute Gasteiger partial charge is 0.506 e. The van der Waals surface area contributed by atoms with Crippen molar-refractivity contribution in [2.24, 2.45) is 17.8 Å². The average molecular weight is 716 g/mol. The number of aliphatic carboxylic acids is 1. The number of benzene rings is 1. The minimum Gasteiger partial charge on any atom is -0.506 e. The number of carbonyl (C=O) groups excluding carboxylic acids is 2. The quantitative estimate of drug-likeness (QED) is 0.212. The molecule has 0 radical (unpaired) electrons. The number of phenolic OH excluding ortho intramolecular Hbond substituents is 1. The number of allylic oxidation sites excluding steroid dienone is 4. The van der Waals surface area contributed by atoms with Gasteiger partial charge in [0.25, 0.3) is 0 Å². The van der Waals surface area contributed by atoms with Crippen molar-refractivity contribution in [3.8, 4) is 17.2 Å². The molecule has 2 N–H and O–H groups in total. The molecule has 2 saturated heterocycles. The SMILES string of the molecule is CC(C)=CCCC1(C)C=Cc2c(O)c3c(c(CC=C(C)C)c2O1)OC12C(C3=O)C(N3CCOCC3)C3CC1C(C)(C)OC2(CC=C(C)C(=O)O)C3=O. The van der Waals surface area contributed by atoms with Crippen LogP contribution in [0, 0.1) is 17.8 Å². The molecule has 4 aliphatic heterocycles. The van der Waals surface area contributed by atoms with Gasteiger partial charge in [-0.15, -0.1) is 0 Å². The van der Waals surface area contributed by atoms with Crippen molar-refractivity contribution in [1.82, 2.24) is 4.90 Å². The summed E-state index contributed by atoms with van der Waals surface area (Å²) in [5.74, 6) is -2.86. The third-order valence-electron chi connectivity index (χ3n) is 12.5. The average Bonchev–Trinajstić information content (AvgIpc) is 3.22. The van der Waals surface area contributed by atoms with E-state index < -0.39 is 46.3 Å². The molecule has 10 heteroatoms. The first-order valence-corrected chi connectivity index (χ1v) is 18.7. The van der Waals surface area contributed by atoms with E-state index in [9.17, 15) is 15.0 Å². The predicted octanol–water partition coefficient (Wildman–Crippen LogP) is 6.63. The van der Waals surface area contributed by atoms with E-state index in [-0.39, 0.29) is 46.5 Å². The first-order valence-electron chi connectivity index (χ1n) is 18.7. The molecule has 0 amide bonds. The molecule has 52 heavy (non-hydrogen) atoms. The Bertz CT molecular complexity index is 1840. The van der Waals surface area contributed by atoms with E-state index in [1.807, 2.05) is 46.8 Å². The molecule has 3 saturated carbocycles. The van der Waals surface area contributed by atoms with Crippen molar-refractivity contribution in [1.29, 1.82) is 0 Å². The van der Waals surface area contributed by atoms with Crippen LogP contribution >= 0.6 is 0 Å². The Balaban J connectivity index is 1.48. The van der Waals surface area contributed by atoms with Gasteiger partial charge in [0.2, 0.25) is 0 Å². The Labute approximate surface area is 306 Å². The summed E-state index contributed by atoms with van der Waals surface area (Å²) < 4.78 is 27.0. The lowest BCUT2D eigenvalue weighted by Gasteiger charge is -2.64. The highest BCUT2D eigenvalue weighted by atomic mass is 16.6. The molecule has 10 nitrogen and oxygen atoms in total. The number of phenols is 1. The van der Waals surface area contributed by atoms with Gasteiger partial charge in [0.1, 0.15) is 28.4 Å². The number of nitrogens with zero attached hydrogens (tertiary/aromatic N) is 1. The summed E-state index contributed by atoms with van der Waals surface area (Å²) in [5, 5.41) is 22.0. The molecule has 0 aromatic heterocycles. The monoisotopic (exact) mass is 715 g/mol. The zero-order valence-electron chi connectivity index (χ0n) is 31.8. The van der Waals surface area contributed by atoms with E-state index in [2.05, 4.69) is 30.9 Å². The maximum Gasteiger partial charge on any atom is 0.330 e. The van der Waals surface area contributed by atoms with E-state index in [0.717, 1.165) is 12.0 Å². The predicted molar refractivity (Wildman–Crippen MR) is 196 cm³/mol. The summed E-state index contributed by atoms with van der Waals surface area (Å²) in [6.07, 6.45) is 11.8. The highest BCUT2D eigenvalue weighted by molar-refractivity contribution is 6.10. The van der Waals surface area contributed by atoms with E-state index in [1.165, 1.54) is 12.5 Å². The number of carboxylic acids is 1. The summed E-state index contributed by atoms with van der Waals surface area (Å²) in [5.41, 5.74) is -1.16. The van der Waals surface area contributed by atoms with Crippen molar-refractivity contribution >= 4 is 23.6 Å². The lowest BCUT2D eigenvalue weighted by molar-refractivity contribution is -0.216. The Kier molecular flexibility index (Phi) is 8.94. The molecule has 280 valence electrons. The Morgan fingerprint density at radius 3 is 2.33 bits per heavy atom. The summed E-state index contributed by atoms with van der Waals surface area (Å²) in [6, 6.07) is -0.509. The topological polar surface area (TPSA) is 132 Å². The number of fused-ring (bicyclic) bond motifs is 2. The van der Waals surface area contributed by atoms with Crippen molar-refractivity contribution in [2.75, 3.05) is 26.3 Å². The van der Waals surface area contributed by atoms with Gasteiger partial charge in [-0.05, 0) is 93.2 Å². The maximum absolute atomic E-state index is 15.6. The normalized spacial score (nSPS) is 34.1. The first kappa shape index (κ1) is 36.6. The lowest BCUT2D eigenvalue weighted by atomic mass is 9.44. The minimum atomic E-state index is -1.64. The lowest BCUT2D eigenvalue weighted by Crippen LogP contribution is -2.82. The number of hydrogen-bond donors (Lipinski definition) is 2. The zero-order chi connectivity index (χ0) is 37.5. The summed E-state index contributed by atoms with van der Waals surface area (Å²) in [6.45, 7) is 17.6. The Morgan fingerprint density at radius 1 is 0.981 bits per heavy atom. The van der Waals surface area contributed by atoms with Crippen molar-refractivity contribution in [3.05, 3.63) is 57.7 Å². The van der Waals surface area contributed by atoms with Crippen molar-refractivity contribution in [3.63, 3.8) is 0 Å². The summed E-state index contributed by atoms with van der Waals surface area (Å²) in [4.78, 5) is 45.0. The fourth-order valence-electron chi connectivity index (χ4n) is 10.1. The number of ether oxygens (including phenoxy) is 4. The van der Waals surface area contributed by atoms with E-state index in [1.54, 1.807) is 6.08 Å². The highest BCUT2D eigenvalue weighted by Crippen LogP contribution is 2.71. The van der Waals surface area contributed by atoms with Crippen LogP contribution in [0.5, 0.6) is 17.2 Å². The third-order valence-corrected chi connectivity index (χ3v) is 12.5. The number of carbonyl (C=O) groups is 3. The second-order valence-corrected chi connectivity index (χ2v) is 16.9. The number of Topliss-reactive ketones (excluding diaryl/α,β-unsaturated/α-hetero) is 2. The molecule has 7 atom stereocenters. The summed E-state index contributed by atoms with van der Waals surface area (Å²) >= 11 is 0. The molecule has 7 unspecified atom stereocenters. The maximum atomic E-state index is 15.6. The van der Waals surface area contributed by atoms with Crippen LogP contribution in [0.4, 0.5) is 0 Å². The summed E-state index contributed by atoms with van der Waals surface area (Å²) in [7, 11) is 0. The van der Waals surface area contributed by atoms with E-state index in [0.29, 0.717) is 62.4 Å². The molecule has 3 aliphatic carbocycles. The van der Waals surface area contributed by atoms with Crippen LogP contribution in [-0.2, 0) is 25.5 Å². The number of aromatic hydroxyl groups is 1. The Hall–Kier alpha value is -3.73. The molecular formula is C42H53NO9. The smallest absolute Gasteiger partial charge is 0.330 e. The Morgan fingerprint density at radius 2 is 1.67 bits per heavy atom. The van der Waals surface area contributed by atoms with Gasteiger partial charge in [-0.1, -0.05) is 29.4 Å². The molecule has 8 rings (SSSR count). The molecular weight excluding hydrogens is 662 g/mol. The van der Waals surface area contributed by atoms with Gasteiger partial charge in [0.15, 0.2) is 22.8 Å². The van der Waals surface area contributed by atoms with Crippen molar-refractivity contribution in [2.45, 2.75) is 116 Å². The van der Waals surface area contributed by atoms with Crippen LogP contribution in [0.25, 0.3) is 6.08 Å². The number of morpholine rings is 1. The first-order chi connectivity index (χ1) is 24.5. The minimum absolute atomic E-state index is 0.0583. The van der Waals surface area contributed by atoms with Gasteiger partial charge in [0.05, 0.1) is 30.3 Å². The number of carboxylic acid groups (broad SMARTS) is 1. The second kappa shape index (κ2) is 12.7. The number of rotatable bonds is 9. The van der Waals surface area contributed by atoms with Crippen molar-refractivity contribution < 1.29 is 43.5 Å². The molecule has 4 heterocycles. The molecule has 4 bridgehead atoms. The van der Waals surface area contributed by atoms with E-state index in [4.69, 9.17) is 18.9 Å². The fraction of sp³-hybridized carbons (Fsp3) is 0.595. The van der Waals surface area contributed by atoms with Crippen LogP contribution in [0.2, 0.25) is 0 Å². The number of hydrogen-bond acceptors (Lipinski definition) is 9. The number of ketones is 2. The van der Waals surface area contributed by atoms with Gasteiger partial charge >= 0.3 is 5.97 Å². The van der Waals surface area contributed by atoms with Gasteiger partial charge in [0, 0.05) is 48.5 Å². The van der Waals surface area contributed by atoms with Gasteiger partial charge in [-0.2, -0.15) is 0 Å². The molecule has 5 fully saturated rings. The zero-order valence-corrected chi connectivity index (χ0v) is 31.8. The van der Waals surface area contributed by atoms with E-state index >= 15 is 9.59 Å². The van der Waals surface area contributed by atoms with Crippen LogP contribution < -0.4 is 9.47 Å². The molecule has 1 aromatic carbocycles.